The minimum atomic E-state index is -0.942. The number of benzene rings is 1. The molecule has 6 nitrogen and oxygen atoms in total. The monoisotopic (exact) mass is 271 g/mol. The number of anilines is 2. The van der Waals surface area contributed by atoms with Crippen molar-refractivity contribution in [2.45, 2.75) is 13.0 Å². The number of nitro groups is 1. The highest BCUT2D eigenvalue weighted by atomic mass is 32.2. The Morgan fingerprint density at radius 2 is 2.06 bits per heavy atom. The number of nitrogens with one attached hydrogen (secondary N) is 2. The summed E-state index contributed by atoms with van der Waals surface area (Å²) in [6.07, 6.45) is 1.61. The van der Waals surface area contributed by atoms with Gasteiger partial charge in [0.05, 0.1) is 4.92 Å². The van der Waals surface area contributed by atoms with E-state index in [0.29, 0.717) is 17.1 Å². The van der Waals surface area contributed by atoms with Gasteiger partial charge in [0, 0.05) is 35.9 Å². The molecule has 0 heterocycles. The molecule has 0 fully saturated rings. The molecule has 0 amide bonds. The minimum Gasteiger partial charge on any atom is -0.382 e. The van der Waals surface area contributed by atoms with E-state index in [1.165, 1.54) is 0 Å². The van der Waals surface area contributed by atoms with Gasteiger partial charge >= 0.3 is 5.69 Å². The highest BCUT2D eigenvalue weighted by molar-refractivity contribution is 7.84. The SMILES string of the molecule is CNc1cccc(NC(C)CS(C)=O)c1[N+](=O)[O-]. The molecule has 100 valence electrons. The first-order valence-electron chi connectivity index (χ1n) is 5.47. The molecule has 7 heteroatoms. The molecule has 0 aliphatic rings. The molecular weight excluding hydrogens is 254 g/mol. The fourth-order valence-electron chi connectivity index (χ4n) is 1.72. The van der Waals surface area contributed by atoms with Crippen LogP contribution in [0, 0.1) is 10.1 Å². The van der Waals surface area contributed by atoms with Gasteiger partial charge in [-0.25, -0.2) is 0 Å². The Labute approximate surface area is 108 Å². The van der Waals surface area contributed by atoms with E-state index < -0.39 is 15.7 Å². The van der Waals surface area contributed by atoms with E-state index in [4.69, 9.17) is 0 Å². The van der Waals surface area contributed by atoms with E-state index in [-0.39, 0.29) is 11.7 Å². The summed E-state index contributed by atoms with van der Waals surface area (Å²) in [7, 11) is 0.694. The van der Waals surface area contributed by atoms with Crippen LogP contribution in [0.15, 0.2) is 18.2 Å². The first kappa shape index (κ1) is 14.4. The Morgan fingerprint density at radius 3 is 2.56 bits per heavy atom. The van der Waals surface area contributed by atoms with Gasteiger partial charge in [0.1, 0.15) is 11.4 Å². The zero-order chi connectivity index (χ0) is 13.7. The first-order chi connectivity index (χ1) is 8.45. The van der Waals surface area contributed by atoms with Crippen molar-refractivity contribution in [1.29, 1.82) is 0 Å². The molecule has 2 unspecified atom stereocenters. The van der Waals surface area contributed by atoms with E-state index >= 15 is 0 Å². The highest BCUT2D eigenvalue weighted by Gasteiger charge is 2.20. The van der Waals surface area contributed by atoms with Crippen LogP contribution < -0.4 is 10.6 Å². The zero-order valence-electron chi connectivity index (χ0n) is 10.6. The molecule has 1 aromatic carbocycles. The Bertz CT molecular complexity index is 465. The summed E-state index contributed by atoms with van der Waals surface area (Å²) in [6.45, 7) is 1.84. The number of hydrogen-bond donors (Lipinski definition) is 2. The molecule has 0 radical (unpaired) electrons. The maximum atomic E-state index is 11.1. The first-order valence-corrected chi connectivity index (χ1v) is 7.20. The van der Waals surface area contributed by atoms with Crippen molar-refractivity contribution < 1.29 is 9.13 Å². The van der Waals surface area contributed by atoms with Crippen LogP contribution in [0.25, 0.3) is 0 Å². The Morgan fingerprint density at radius 1 is 1.44 bits per heavy atom. The molecule has 0 aliphatic carbocycles. The van der Waals surface area contributed by atoms with Crippen LogP contribution in [0.2, 0.25) is 0 Å². The van der Waals surface area contributed by atoms with Gasteiger partial charge in [-0.05, 0) is 19.1 Å². The van der Waals surface area contributed by atoms with Crippen molar-refractivity contribution in [2.24, 2.45) is 0 Å². The van der Waals surface area contributed by atoms with Crippen LogP contribution in [-0.4, -0.2) is 34.2 Å². The predicted octanol–water partition coefficient (Wildman–Crippen LogP) is 1.82. The fourth-order valence-corrected chi connectivity index (χ4v) is 2.51. The van der Waals surface area contributed by atoms with Crippen molar-refractivity contribution in [1.82, 2.24) is 0 Å². The zero-order valence-corrected chi connectivity index (χ0v) is 11.4. The van der Waals surface area contributed by atoms with Crippen molar-refractivity contribution in [2.75, 3.05) is 29.7 Å². The average Bonchev–Trinajstić information content (AvgIpc) is 2.26. The van der Waals surface area contributed by atoms with E-state index in [2.05, 4.69) is 10.6 Å². The average molecular weight is 271 g/mol. The van der Waals surface area contributed by atoms with Gasteiger partial charge in [0.2, 0.25) is 0 Å². The molecule has 0 bridgehead atoms. The summed E-state index contributed by atoms with van der Waals surface area (Å²) < 4.78 is 11.1. The van der Waals surface area contributed by atoms with E-state index in [1.807, 2.05) is 6.92 Å². The summed E-state index contributed by atoms with van der Waals surface area (Å²) in [6, 6.07) is 4.93. The van der Waals surface area contributed by atoms with E-state index in [9.17, 15) is 14.3 Å². The summed E-state index contributed by atoms with van der Waals surface area (Å²) in [5.74, 6) is 0.445. The number of nitrogens with zero attached hydrogens (tertiary/aromatic N) is 1. The standard InChI is InChI=1S/C11H17N3O3S/c1-8(7-18(3)17)13-10-6-4-5-9(12-2)11(10)14(15)16/h4-6,8,12-13H,7H2,1-3H3. The van der Waals surface area contributed by atoms with E-state index in [0.717, 1.165) is 0 Å². The largest absolute Gasteiger partial charge is 0.382 e. The second kappa shape index (κ2) is 6.34. The minimum absolute atomic E-state index is 0.00809. The molecular formula is C11H17N3O3S. The van der Waals surface area contributed by atoms with Gasteiger partial charge in [0.15, 0.2) is 0 Å². The van der Waals surface area contributed by atoms with Crippen LogP contribution in [-0.2, 0) is 10.8 Å². The second-order valence-corrected chi connectivity index (χ2v) is 5.47. The topological polar surface area (TPSA) is 84.3 Å². The van der Waals surface area contributed by atoms with Gasteiger partial charge in [-0.2, -0.15) is 0 Å². The molecule has 18 heavy (non-hydrogen) atoms. The third kappa shape index (κ3) is 3.69. The number of nitro benzene ring substituents is 1. The van der Waals surface area contributed by atoms with Crippen LogP contribution in [0.4, 0.5) is 17.1 Å². The van der Waals surface area contributed by atoms with Crippen molar-refractivity contribution in [3.8, 4) is 0 Å². The Kier molecular flexibility index (Phi) is 5.08. The Balaban J connectivity index is 3.01. The van der Waals surface area contributed by atoms with Gasteiger partial charge in [-0.1, -0.05) is 6.07 Å². The molecule has 1 rings (SSSR count). The second-order valence-electron chi connectivity index (χ2n) is 3.99. The smallest absolute Gasteiger partial charge is 0.315 e. The lowest BCUT2D eigenvalue weighted by Crippen LogP contribution is -2.22. The maximum Gasteiger partial charge on any atom is 0.315 e. The quantitative estimate of drug-likeness (QED) is 0.609. The van der Waals surface area contributed by atoms with Crippen LogP contribution in [0.1, 0.15) is 6.92 Å². The van der Waals surface area contributed by atoms with Crippen molar-refractivity contribution >= 4 is 27.9 Å². The van der Waals surface area contributed by atoms with Gasteiger partial charge < -0.3 is 10.6 Å². The predicted molar refractivity (Wildman–Crippen MR) is 74.7 cm³/mol. The summed E-state index contributed by atoms with van der Waals surface area (Å²) in [5, 5.41) is 16.9. The Hall–Kier alpha value is -1.63. The fraction of sp³-hybridized carbons (Fsp3) is 0.455. The molecule has 0 saturated heterocycles. The summed E-state index contributed by atoms with van der Waals surface area (Å²) in [4.78, 5) is 10.6. The van der Waals surface area contributed by atoms with Gasteiger partial charge in [-0.3, -0.25) is 14.3 Å². The summed E-state index contributed by atoms with van der Waals surface area (Å²) >= 11 is 0. The lowest BCUT2D eigenvalue weighted by atomic mass is 10.2. The van der Waals surface area contributed by atoms with Crippen molar-refractivity contribution in [3.63, 3.8) is 0 Å². The van der Waals surface area contributed by atoms with Gasteiger partial charge in [-0.15, -0.1) is 0 Å². The molecule has 2 atom stereocenters. The molecule has 1 aromatic rings. The van der Waals surface area contributed by atoms with Crippen molar-refractivity contribution in [3.05, 3.63) is 28.3 Å². The molecule has 2 N–H and O–H groups in total. The highest BCUT2D eigenvalue weighted by Crippen LogP contribution is 2.32. The van der Waals surface area contributed by atoms with Gasteiger partial charge in [0.25, 0.3) is 0 Å². The third-order valence-electron chi connectivity index (χ3n) is 2.37. The normalized spacial score (nSPS) is 13.7. The van der Waals surface area contributed by atoms with Crippen LogP contribution >= 0.6 is 0 Å². The van der Waals surface area contributed by atoms with Crippen LogP contribution in [0.3, 0.4) is 0 Å². The number of rotatable bonds is 6. The third-order valence-corrected chi connectivity index (χ3v) is 3.34. The molecule has 0 spiro atoms. The molecule has 0 saturated carbocycles. The van der Waals surface area contributed by atoms with E-state index in [1.54, 1.807) is 31.5 Å². The lowest BCUT2D eigenvalue weighted by Gasteiger charge is -2.15. The maximum absolute atomic E-state index is 11.1. The molecule has 0 aromatic heterocycles. The number of para-hydroxylation sites is 1. The van der Waals surface area contributed by atoms with Crippen LogP contribution in [0.5, 0.6) is 0 Å². The molecule has 0 aliphatic heterocycles. The lowest BCUT2D eigenvalue weighted by molar-refractivity contribution is -0.383. The summed E-state index contributed by atoms with van der Waals surface area (Å²) in [5.41, 5.74) is 0.897. The number of hydrogen-bond acceptors (Lipinski definition) is 5.